The molecule has 5 heteroatoms. The zero-order valence-electron chi connectivity index (χ0n) is 16.7. The van der Waals surface area contributed by atoms with Crippen molar-refractivity contribution in [2.75, 3.05) is 18.5 Å². The molecular weight excluding hydrogens is 366 g/mol. The number of ether oxygens (including phenoxy) is 3. The third-order valence-corrected chi connectivity index (χ3v) is 4.13. The van der Waals surface area contributed by atoms with Crippen LogP contribution in [0.15, 0.2) is 72.8 Å². The molecule has 0 aromatic heterocycles. The molecule has 0 radical (unpaired) electrons. The molecule has 3 aromatic carbocycles. The fourth-order valence-corrected chi connectivity index (χ4v) is 2.63. The lowest BCUT2D eigenvalue weighted by Gasteiger charge is -2.10. The Hall–Kier alpha value is -3.47. The zero-order chi connectivity index (χ0) is 20.5. The molecule has 0 fully saturated rings. The van der Waals surface area contributed by atoms with Gasteiger partial charge in [-0.15, -0.1) is 0 Å². The Balaban J connectivity index is 1.44. The second-order valence-corrected chi connectivity index (χ2v) is 6.49. The first-order valence-corrected chi connectivity index (χ1v) is 9.62. The SMILES string of the molecule is CCOc1ccc(Oc2ccc(NC(=O)CCOc3ccc(C)cc3)cc2)cc1. The summed E-state index contributed by atoms with van der Waals surface area (Å²) in [6.07, 6.45) is 0.276. The predicted molar refractivity (Wildman–Crippen MR) is 114 cm³/mol. The summed E-state index contributed by atoms with van der Waals surface area (Å²) in [7, 11) is 0. The van der Waals surface area contributed by atoms with E-state index in [1.807, 2.05) is 86.6 Å². The average molecular weight is 391 g/mol. The van der Waals surface area contributed by atoms with E-state index in [4.69, 9.17) is 14.2 Å². The number of hydrogen-bond donors (Lipinski definition) is 1. The monoisotopic (exact) mass is 391 g/mol. The Morgan fingerprint density at radius 2 is 1.28 bits per heavy atom. The normalized spacial score (nSPS) is 10.3. The van der Waals surface area contributed by atoms with Crippen molar-refractivity contribution in [3.63, 3.8) is 0 Å². The van der Waals surface area contributed by atoms with Gasteiger partial charge in [0.05, 0.1) is 19.6 Å². The van der Waals surface area contributed by atoms with Crippen LogP contribution in [0.5, 0.6) is 23.0 Å². The van der Waals surface area contributed by atoms with Crippen molar-refractivity contribution in [1.82, 2.24) is 0 Å². The Bertz CT molecular complexity index is 903. The van der Waals surface area contributed by atoms with Crippen LogP contribution in [0.1, 0.15) is 18.9 Å². The van der Waals surface area contributed by atoms with E-state index in [0.29, 0.717) is 24.7 Å². The van der Waals surface area contributed by atoms with Gasteiger partial charge in [0, 0.05) is 5.69 Å². The van der Waals surface area contributed by atoms with Gasteiger partial charge >= 0.3 is 0 Å². The highest BCUT2D eigenvalue weighted by Crippen LogP contribution is 2.25. The molecule has 150 valence electrons. The topological polar surface area (TPSA) is 56.8 Å². The van der Waals surface area contributed by atoms with Crippen LogP contribution in [0.3, 0.4) is 0 Å². The van der Waals surface area contributed by atoms with Crippen LogP contribution in [0.2, 0.25) is 0 Å². The maximum absolute atomic E-state index is 12.1. The molecule has 0 bridgehead atoms. The van der Waals surface area contributed by atoms with E-state index in [1.54, 1.807) is 0 Å². The number of aryl methyl sites for hydroxylation is 1. The highest BCUT2D eigenvalue weighted by atomic mass is 16.5. The molecule has 0 atom stereocenters. The van der Waals surface area contributed by atoms with Crippen molar-refractivity contribution in [1.29, 1.82) is 0 Å². The summed E-state index contributed by atoms with van der Waals surface area (Å²) in [6, 6.07) is 22.4. The van der Waals surface area contributed by atoms with Gasteiger partial charge in [-0.1, -0.05) is 17.7 Å². The van der Waals surface area contributed by atoms with E-state index in [-0.39, 0.29) is 12.3 Å². The highest BCUT2D eigenvalue weighted by molar-refractivity contribution is 5.90. The van der Waals surface area contributed by atoms with Gasteiger partial charge in [-0.25, -0.2) is 0 Å². The number of amides is 1. The molecule has 0 saturated carbocycles. The van der Waals surface area contributed by atoms with Gasteiger partial charge in [-0.3, -0.25) is 4.79 Å². The van der Waals surface area contributed by atoms with Crippen molar-refractivity contribution in [3.8, 4) is 23.0 Å². The summed E-state index contributed by atoms with van der Waals surface area (Å²) in [4.78, 5) is 12.1. The van der Waals surface area contributed by atoms with Gasteiger partial charge in [0.15, 0.2) is 0 Å². The van der Waals surface area contributed by atoms with Crippen molar-refractivity contribution in [2.45, 2.75) is 20.3 Å². The van der Waals surface area contributed by atoms with Crippen LogP contribution in [0, 0.1) is 6.92 Å². The fraction of sp³-hybridized carbons (Fsp3) is 0.208. The molecule has 1 amide bonds. The van der Waals surface area contributed by atoms with Crippen molar-refractivity contribution in [2.24, 2.45) is 0 Å². The first-order chi connectivity index (χ1) is 14.1. The molecule has 3 aromatic rings. The van der Waals surface area contributed by atoms with Crippen LogP contribution < -0.4 is 19.5 Å². The summed E-state index contributed by atoms with van der Waals surface area (Å²) in [5.74, 6) is 2.88. The number of anilines is 1. The Morgan fingerprint density at radius 3 is 1.90 bits per heavy atom. The van der Waals surface area contributed by atoms with Crippen molar-refractivity contribution in [3.05, 3.63) is 78.4 Å². The van der Waals surface area contributed by atoms with Crippen LogP contribution >= 0.6 is 0 Å². The second-order valence-electron chi connectivity index (χ2n) is 6.49. The third-order valence-electron chi connectivity index (χ3n) is 4.13. The third kappa shape index (κ3) is 6.57. The first-order valence-electron chi connectivity index (χ1n) is 9.62. The molecule has 1 N–H and O–H groups in total. The Morgan fingerprint density at radius 1 is 0.759 bits per heavy atom. The van der Waals surface area contributed by atoms with E-state index in [1.165, 1.54) is 5.56 Å². The zero-order valence-corrected chi connectivity index (χ0v) is 16.7. The van der Waals surface area contributed by atoms with Gasteiger partial charge in [-0.2, -0.15) is 0 Å². The molecule has 29 heavy (non-hydrogen) atoms. The number of carbonyl (C=O) groups is 1. The number of nitrogens with one attached hydrogen (secondary N) is 1. The quantitative estimate of drug-likeness (QED) is 0.516. The molecule has 0 saturated heterocycles. The van der Waals surface area contributed by atoms with Crippen molar-refractivity contribution >= 4 is 11.6 Å². The van der Waals surface area contributed by atoms with E-state index >= 15 is 0 Å². The van der Waals surface area contributed by atoms with Gasteiger partial charge in [0.1, 0.15) is 23.0 Å². The largest absolute Gasteiger partial charge is 0.494 e. The maximum atomic E-state index is 12.1. The second kappa shape index (κ2) is 10.2. The summed E-state index contributed by atoms with van der Waals surface area (Å²) < 4.78 is 16.8. The fourth-order valence-electron chi connectivity index (χ4n) is 2.63. The van der Waals surface area contributed by atoms with E-state index in [0.717, 1.165) is 17.2 Å². The van der Waals surface area contributed by atoms with Crippen LogP contribution in [-0.4, -0.2) is 19.1 Å². The lowest BCUT2D eigenvalue weighted by molar-refractivity contribution is -0.116. The predicted octanol–water partition coefficient (Wildman–Crippen LogP) is 5.59. The molecule has 0 aliphatic rings. The lowest BCUT2D eigenvalue weighted by Crippen LogP contribution is -2.15. The van der Waals surface area contributed by atoms with Gasteiger partial charge < -0.3 is 19.5 Å². The molecule has 0 heterocycles. The summed E-state index contributed by atoms with van der Waals surface area (Å²) in [5.41, 5.74) is 1.88. The standard InChI is InChI=1S/C24H25NO4/c1-3-27-20-12-14-23(15-13-20)29-22-10-6-19(7-11-22)25-24(26)16-17-28-21-8-4-18(2)5-9-21/h4-15H,3,16-17H2,1-2H3,(H,25,26). The minimum Gasteiger partial charge on any atom is -0.494 e. The summed E-state index contributed by atoms with van der Waals surface area (Å²) in [5, 5.41) is 2.86. The molecule has 0 aliphatic heterocycles. The highest BCUT2D eigenvalue weighted by Gasteiger charge is 2.04. The first kappa shape index (κ1) is 20.3. The Labute approximate surface area is 171 Å². The smallest absolute Gasteiger partial charge is 0.227 e. The molecule has 0 spiro atoms. The minimum absolute atomic E-state index is 0.0997. The molecule has 5 nitrogen and oxygen atoms in total. The number of hydrogen-bond acceptors (Lipinski definition) is 4. The number of carbonyl (C=O) groups excluding carboxylic acids is 1. The van der Waals surface area contributed by atoms with Gasteiger partial charge in [-0.05, 0) is 74.5 Å². The summed E-state index contributed by atoms with van der Waals surface area (Å²) in [6.45, 7) is 4.92. The van der Waals surface area contributed by atoms with E-state index in [9.17, 15) is 4.79 Å². The number of benzene rings is 3. The maximum Gasteiger partial charge on any atom is 0.227 e. The van der Waals surface area contributed by atoms with Crippen molar-refractivity contribution < 1.29 is 19.0 Å². The average Bonchev–Trinajstić information content (AvgIpc) is 2.73. The Kier molecular flexibility index (Phi) is 7.11. The van der Waals surface area contributed by atoms with Gasteiger partial charge in [0.25, 0.3) is 0 Å². The molecule has 3 rings (SSSR count). The van der Waals surface area contributed by atoms with Crippen LogP contribution in [-0.2, 0) is 4.79 Å². The van der Waals surface area contributed by atoms with Gasteiger partial charge in [0.2, 0.25) is 5.91 Å². The lowest BCUT2D eigenvalue weighted by atomic mass is 10.2. The van der Waals surface area contributed by atoms with Crippen LogP contribution in [0.4, 0.5) is 5.69 Å². The summed E-state index contributed by atoms with van der Waals surface area (Å²) >= 11 is 0. The molecule has 0 aliphatic carbocycles. The van der Waals surface area contributed by atoms with E-state index < -0.39 is 0 Å². The van der Waals surface area contributed by atoms with E-state index in [2.05, 4.69) is 5.32 Å². The van der Waals surface area contributed by atoms with Crippen LogP contribution in [0.25, 0.3) is 0 Å². The minimum atomic E-state index is -0.0997. The number of rotatable bonds is 9. The molecule has 0 unspecified atom stereocenters. The molecular formula is C24H25NO4.